The minimum atomic E-state index is -0.339. The van der Waals surface area contributed by atoms with E-state index in [1.54, 1.807) is 0 Å². The smallest absolute Gasteiger partial charge is 0.0598 e. The second kappa shape index (κ2) is 12.9. The number of aryl methyl sites for hydroxylation is 3. The molecule has 0 amide bonds. The van der Waals surface area contributed by atoms with Gasteiger partial charge in [0.25, 0.3) is 0 Å². The van der Waals surface area contributed by atoms with Crippen molar-refractivity contribution in [2.45, 2.75) is 85.9 Å². The normalized spacial score (nSPS) is 14.1. The van der Waals surface area contributed by atoms with Crippen molar-refractivity contribution >= 4 is 10.9 Å². The molecule has 4 heteroatoms. The van der Waals surface area contributed by atoms with Crippen molar-refractivity contribution < 1.29 is 30.3 Å². The molecule has 2 N–H and O–H groups in total. The van der Waals surface area contributed by atoms with Crippen LogP contribution in [0.25, 0.3) is 22.2 Å². The van der Waals surface area contributed by atoms with Crippen molar-refractivity contribution in [1.82, 2.24) is 4.98 Å². The van der Waals surface area contributed by atoms with E-state index in [1.807, 2.05) is 6.07 Å². The molecule has 3 aromatic rings. The standard InChI is InChI=1S/C19H16N.C11H24O2.Ir/c1-12-6-7-14-11-15-8-9-16-13(2)4-3-5-17(16)19(15)20-18(14)10-12;1-8(2)5-10(12)7-11(13)6-9(3)4;/h3-4,6-7,10-11H,8-9H2,1-2H3;8-13H,5-7H2,1-4H3;/q-1;;. The third-order valence-corrected chi connectivity index (χ3v) is 6.30. The molecule has 4 rings (SSSR count). The summed E-state index contributed by atoms with van der Waals surface area (Å²) in [7, 11) is 0. The third kappa shape index (κ3) is 7.71. The number of fused-ring (bicyclic) bond motifs is 4. The number of hydrogen-bond acceptors (Lipinski definition) is 3. The Morgan fingerprint density at radius 3 is 2.15 bits per heavy atom. The van der Waals surface area contributed by atoms with E-state index in [0.29, 0.717) is 18.3 Å². The summed E-state index contributed by atoms with van der Waals surface area (Å²) in [5, 5.41) is 20.3. The van der Waals surface area contributed by atoms with Crippen molar-refractivity contribution in [3.05, 3.63) is 64.7 Å². The molecular weight excluding hydrogens is 599 g/mol. The first-order chi connectivity index (χ1) is 15.6. The molecule has 0 saturated carbocycles. The van der Waals surface area contributed by atoms with Crippen LogP contribution in [0.15, 0.2) is 36.4 Å². The van der Waals surface area contributed by atoms with Crippen LogP contribution in [-0.2, 0) is 32.9 Å². The van der Waals surface area contributed by atoms with Gasteiger partial charge in [-0.1, -0.05) is 64.8 Å². The van der Waals surface area contributed by atoms with Crippen molar-refractivity contribution in [2.75, 3.05) is 0 Å². The average molecular weight is 639 g/mol. The Bertz CT molecular complexity index is 1060. The molecule has 1 heterocycles. The van der Waals surface area contributed by atoms with E-state index in [4.69, 9.17) is 4.98 Å². The summed E-state index contributed by atoms with van der Waals surface area (Å²) in [6.45, 7) is 12.6. The van der Waals surface area contributed by atoms with E-state index in [2.05, 4.69) is 77.9 Å². The monoisotopic (exact) mass is 639 g/mol. The number of benzene rings is 2. The molecule has 0 aliphatic heterocycles. The molecule has 2 atom stereocenters. The van der Waals surface area contributed by atoms with Gasteiger partial charge in [-0.15, -0.1) is 34.9 Å². The van der Waals surface area contributed by atoms with E-state index in [-0.39, 0.29) is 32.3 Å². The Kier molecular flexibility index (Phi) is 10.9. The van der Waals surface area contributed by atoms with Gasteiger partial charge < -0.3 is 10.2 Å². The van der Waals surface area contributed by atoms with Gasteiger partial charge in [0.05, 0.1) is 17.7 Å². The number of nitrogens with zero attached hydrogens (tertiary/aromatic N) is 1. The number of aliphatic hydroxyl groups is 2. The summed E-state index contributed by atoms with van der Waals surface area (Å²) >= 11 is 0. The number of aliphatic hydroxyl groups excluding tert-OH is 2. The molecule has 3 nitrogen and oxygen atoms in total. The van der Waals surface area contributed by atoms with Crippen molar-refractivity contribution in [2.24, 2.45) is 11.8 Å². The van der Waals surface area contributed by atoms with E-state index < -0.39 is 0 Å². The number of pyridine rings is 1. The van der Waals surface area contributed by atoms with E-state index >= 15 is 0 Å². The number of aromatic nitrogens is 1. The topological polar surface area (TPSA) is 53.4 Å². The number of hydrogen-bond donors (Lipinski definition) is 2. The Morgan fingerprint density at radius 2 is 1.53 bits per heavy atom. The Hall–Kier alpha value is -1.58. The van der Waals surface area contributed by atoms with Crippen LogP contribution >= 0.6 is 0 Å². The largest absolute Gasteiger partial charge is 0.393 e. The van der Waals surface area contributed by atoms with Gasteiger partial charge in [-0.05, 0) is 67.2 Å². The van der Waals surface area contributed by atoms with Crippen LogP contribution < -0.4 is 0 Å². The maximum atomic E-state index is 9.54. The van der Waals surface area contributed by atoms with Crippen LogP contribution in [0.2, 0.25) is 0 Å². The SMILES string of the molecule is CC(C)CC(O)CC(O)CC(C)C.Cc1ccc2cc3c(nc2c1)-c1[c-]ccc(C)c1CC3.[Ir]. The molecule has 1 aromatic heterocycles. The molecule has 0 fully saturated rings. The molecule has 187 valence electrons. The zero-order valence-electron chi connectivity index (χ0n) is 21.5. The molecular formula is C30H40IrNO2-. The summed E-state index contributed by atoms with van der Waals surface area (Å²) in [6, 6.07) is 16.4. The molecule has 34 heavy (non-hydrogen) atoms. The first-order valence-corrected chi connectivity index (χ1v) is 12.4. The summed E-state index contributed by atoms with van der Waals surface area (Å²) in [5.74, 6) is 1.00. The predicted octanol–water partition coefficient (Wildman–Crippen LogP) is 6.61. The zero-order chi connectivity index (χ0) is 24.1. The summed E-state index contributed by atoms with van der Waals surface area (Å²) in [6.07, 6.45) is 3.60. The van der Waals surface area contributed by atoms with Crippen LogP contribution in [0.5, 0.6) is 0 Å². The van der Waals surface area contributed by atoms with Crippen LogP contribution in [-0.4, -0.2) is 27.4 Å². The van der Waals surface area contributed by atoms with Crippen molar-refractivity contribution in [1.29, 1.82) is 0 Å². The summed E-state index contributed by atoms with van der Waals surface area (Å²) in [4.78, 5) is 4.93. The van der Waals surface area contributed by atoms with Gasteiger partial charge in [0, 0.05) is 20.1 Å². The van der Waals surface area contributed by atoms with Gasteiger partial charge in [0.1, 0.15) is 0 Å². The fraction of sp³-hybridized carbons (Fsp3) is 0.500. The fourth-order valence-electron chi connectivity index (χ4n) is 4.75. The zero-order valence-corrected chi connectivity index (χ0v) is 23.9. The van der Waals surface area contributed by atoms with Gasteiger partial charge in [-0.3, -0.25) is 4.98 Å². The van der Waals surface area contributed by atoms with Crippen LogP contribution in [0.3, 0.4) is 0 Å². The van der Waals surface area contributed by atoms with Crippen molar-refractivity contribution in [3.63, 3.8) is 0 Å². The van der Waals surface area contributed by atoms with E-state index in [9.17, 15) is 10.2 Å². The van der Waals surface area contributed by atoms with Gasteiger partial charge in [0.15, 0.2) is 0 Å². The molecule has 2 unspecified atom stereocenters. The average Bonchev–Trinajstić information content (AvgIpc) is 2.71. The molecule has 1 aliphatic carbocycles. The third-order valence-electron chi connectivity index (χ3n) is 6.30. The van der Waals surface area contributed by atoms with Crippen LogP contribution in [0.4, 0.5) is 0 Å². The minimum absolute atomic E-state index is 0. The van der Waals surface area contributed by atoms with Crippen molar-refractivity contribution in [3.8, 4) is 11.3 Å². The van der Waals surface area contributed by atoms with Gasteiger partial charge in [-0.2, -0.15) is 0 Å². The second-order valence-corrected chi connectivity index (χ2v) is 10.5. The van der Waals surface area contributed by atoms with Gasteiger partial charge in [-0.25, -0.2) is 0 Å². The molecule has 0 saturated heterocycles. The summed E-state index contributed by atoms with van der Waals surface area (Å²) in [5.41, 5.74) is 8.81. The fourth-order valence-corrected chi connectivity index (χ4v) is 4.75. The first-order valence-electron chi connectivity index (χ1n) is 12.4. The quantitative estimate of drug-likeness (QED) is 0.299. The molecule has 1 aliphatic rings. The maximum Gasteiger partial charge on any atom is 0.0598 e. The maximum absolute atomic E-state index is 9.54. The predicted molar refractivity (Wildman–Crippen MR) is 138 cm³/mol. The van der Waals surface area contributed by atoms with Crippen LogP contribution in [0, 0.1) is 31.7 Å². The van der Waals surface area contributed by atoms with Gasteiger partial charge in [0.2, 0.25) is 0 Å². The summed E-state index contributed by atoms with van der Waals surface area (Å²) < 4.78 is 0. The number of rotatable bonds is 6. The van der Waals surface area contributed by atoms with E-state index in [0.717, 1.165) is 36.9 Å². The second-order valence-electron chi connectivity index (χ2n) is 10.5. The Morgan fingerprint density at radius 1 is 0.882 bits per heavy atom. The Labute approximate surface area is 219 Å². The molecule has 0 bridgehead atoms. The van der Waals surface area contributed by atoms with E-state index in [1.165, 1.54) is 33.2 Å². The molecule has 2 aromatic carbocycles. The minimum Gasteiger partial charge on any atom is -0.393 e. The first kappa shape index (κ1) is 28.7. The molecule has 0 spiro atoms. The Balaban J connectivity index is 0.000000258. The molecule has 1 radical (unpaired) electrons. The van der Waals surface area contributed by atoms with Gasteiger partial charge >= 0.3 is 0 Å². The van der Waals surface area contributed by atoms with Crippen LogP contribution in [0.1, 0.15) is 69.2 Å².